The highest BCUT2D eigenvalue weighted by Crippen LogP contribution is 2.25. The molecule has 1 heterocycles. The van der Waals surface area contributed by atoms with Crippen LogP contribution in [0.1, 0.15) is 18.3 Å². The van der Waals surface area contributed by atoms with Crippen LogP contribution in [0.3, 0.4) is 0 Å². The van der Waals surface area contributed by atoms with Crippen LogP contribution in [0, 0.1) is 0 Å². The summed E-state index contributed by atoms with van der Waals surface area (Å²) in [4.78, 5) is 6.36. The summed E-state index contributed by atoms with van der Waals surface area (Å²) in [6.07, 6.45) is 1.73. The summed E-state index contributed by atoms with van der Waals surface area (Å²) < 4.78 is 12.7. The number of methoxy groups -OCH3 is 2. The molecule has 25 heavy (non-hydrogen) atoms. The van der Waals surface area contributed by atoms with Gasteiger partial charge in [0, 0.05) is 38.8 Å². The van der Waals surface area contributed by atoms with E-state index < -0.39 is 0 Å². The Hall–Kier alpha value is -2.77. The van der Waals surface area contributed by atoms with E-state index in [9.17, 15) is 0 Å². The standard InChI is InChI=1S/C17H26N6O2/c1-6-23-12-20-21-16(23)10-19-17(18-2)22(3)11-13-7-8-14(24-4)9-15(13)25-5/h7-9,12H,6,10-11H2,1-5H3,(H,18,19). The summed E-state index contributed by atoms with van der Waals surface area (Å²) in [7, 11) is 7.03. The van der Waals surface area contributed by atoms with Crippen LogP contribution >= 0.6 is 0 Å². The molecule has 0 aliphatic rings. The molecule has 0 aliphatic heterocycles. The van der Waals surface area contributed by atoms with E-state index in [-0.39, 0.29) is 0 Å². The zero-order valence-corrected chi connectivity index (χ0v) is 15.5. The average molecular weight is 346 g/mol. The number of aryl methyl sites for hydroxylation is 1. The summed E-state index contributed by atoms with van der Waals surface area (Å²) in [6, 6.07) is 5.80. The number of hydrogen-bond acceptors (Lipinski definition) is 5. The molecule has 8 nitrogen and oxygen atoms in total. The molecule has 2 rings (SSSR count). The van der Waals surface area contributed by atoms with Crippen molar-refractivity contribution >= 4 is 5.96 Å². The van der Waals surface area contributed by atoms with Crippen molar-refractivity contribution in [2.24, 2.45) is 4.99 Å². The smallest absolute Gasteiger partial charge is 0.194 e. The molecular weight excluding hydrogens is 320 g/mol. The van der Waals surface area contributed by atoms with Gasteiger partial charge in [0.25, 0.3) is 0 Å². The van der Waals surface area contributed by atoms with Gasteiger partial charge in [-0.25, -0.2) is 0 Å². The fourth-order valence-electron chi connectivity index (χ4n) is 2.54. The Labute approximate surface area is 148 Å². The van der Waals surface area contributed by atoms with Crippen molar-refractivity contribution < 1.29 is 9.47 Å². The largest absolute Gasteiger partial charge is 0.497 e. The first-order valence-electron chi connectivity index (χ1n) is 8.12. The summed E-state index contributed by atoms with van der Waals surface area (Å²) in [5.74, 6) is 3.19. The zero-order valence-electron chi connectivity index (χ0n) is 15.5. The van der Waals surface area contributed by atoms with Crippen LogP contribution in [0.25, 0.3) is 0 Å². The van der Waals surface area contributed by atoms with Gasteiger partial charge in [-0.05, 0) is 19.1 Å². The van der Waals surface area contributed by atoms with Crippen LogP contribution in [0.15, 0.2) is 29.5 Å². The minimum absolute atomic E-state index is 0.560. The van der Waals surface area contributed by atoms with Crippen molar-refractivity contribution in [2.75, 3.05) is 28.3 Å². The van der Waals surface area contributed by atoms with Crippen LogP contribution < -0.4 is 14.8 Å². The van der Waals surface area contributed by atoms with Crippen LogP contribution in [0.5, 0.6) is 11.5 Å². The minimum atomic E-state index is 0.560. The van der Waals surface area contributed by atoms with Crippen molar-refractivity contribution in [1.82, 2.24) is 25.0 Å². The van der Waals surface area contributed by atoms with Gasteiger partial charge in [0.2, 0.25) is 0 Å². The monoisotopic (exact) mass is 346 g/mol. The highest BCUT2D eigenvalue weighted by atomic mass is 16.5. The molecule has 0 unspecified atom stereocenters. The third kappa shape index (κ3) is 4.62. The summed E-state index contributed by atoms with van der Waals surface area (Å²) in [5, 5.41) is 11.4. The van der Waals surface area contributed by atoms with E-state index in [0.717, 1.165) is 35.4 Å². The molecule has 0 fully saturated rings. The molecule has 0 bridgehead atoms. The van der Waals surface area contributed by atoms with E-state index in [1.807, 2.05) is 34.7 Å². The maximum atomic E-state index is 5.46. The van der Waals surface area contributed by atoms with Crippen molar-refractivity contribution in [3.63, 3.8) is 0 Å². The number of benzene rings is 1. The van der Waals surface area contributed by atoms with Crippen LogP contribution in [-0.4, -0.2) is 53.9 Å². The van der Waals surface area contributed by atoms with Crippen LogP contribution in [-0.2, 0) is 19.6 Å². The number of aliphatic imine (C=N–C) groups is 1. The first kappa shape index (κ1) is 18.6. The second-order valence-electron chi connectivity index (χ2n) is 5.47. The van der Waals surface area contributed by atoms with E-state index in [2.05, 4.69) is 27.4 Å². The molecule has 0 saturated heterocycles. The highest BCUT2D eigenvalue weighted by Gasteiger charge is 2.12. The minimum Gasteiger partial charge on any atom is -0.497 e. The molecule has 0 aliphatic carbocycles. The molecule has 0 amide bonds. The van der Waals surface area contributed by atoms with Gasteiger partial charge in [-0.1, -0.05) is 0 Å². The van der Waals surface area contributed by atoms with Crippen LogP contribution in [0.4, 0.5) is 0 Å². The van der Waals surface area contributed by atoms with Crippen molar-refractivity contribution in [3.8, 4) is 11.5 Å². The van der Waals surface area contributed by atoms with Crippen molar-refractivity contribution in [3.05, 3.63) is 35.9 Å². The van der Waals surface area contributed by atoms with E-state index in [0.29, 0.717) is 13.1 Å². The van der Waals surface area contributed by atoms with E-state index in [1.165, 1.54) is 0 Å². The Bertz CT molecular complexity index is 713. The van der Waals surface area contributed by atoms with Gasteiger partial charge in [-0.2, -0.15) is 0 Å². The Morgan fingerprint density at radius 3 is 2.76 bits per heavy atom. The summed E-state index contributed by atoms with van der Waals surface area (Å²) in [6.45, 7) is 4.10. The van der Waals surface area contributed by atoms with Crippen molar-refractivity contribution in [1.29, 1.82) is 0 Å². The third-order valence-electron chi connectivity index (χ3n) is 3.92. The molecule has 136 valence electrons. The third-order valence-corrected chi connectivity index (χ3v) is 3.92. The average Bonchev–Trinajstić information content (AvgIpc) is 3.10. The van der Waals surface area contributed by atoms with Crippen LogP contribution in [0.2, 0.25) is 0 Å². The maximum Gasteiger partial charge on any atom is 0.194 e. The number of hydrogen-bond donors (Lipinski definition) is 1. The quantitative estimate of drug-likeness (QED) is 0.605. The summed E-state index contributed by atoms with van der Waals surface area (Å²) in [5.41, 5.74) is 1.05. The van der Waals surface area contributed by atoms with Gasteiger partial charge in [-0.15, -0.1) is 10.2 Å². The lowest BCUT2D eigenvalue weighted by Gasteiger charge is -2.23. The van der Waals surface area contributed by atoms with E-state index >= 15 is 0 Å². The highest BCUT2D eigenvalue weighted by molar-refractivity contribution is 5.79. The number of ether oxygens (including phenoxy) is 2. The lowest BCUT2D eigenvalue weighted by molar-refractivity contribution is 0.382. The fraction of sp³-hybridized carbons (Fsp3) is 0.471. The Balaban J connectivity index is 2.04. The number of guanidine groups is 1. The molecule has 1 N–H and O–H groups in total. The molecule has 1 aromatic carbocycles. The van der Waals surface area contributed by atoms with Gasteiger partial charge in [0.05, 0.1) is 20.8 Å². The first-order valence-corrected chi connectivity index (χ1v) is 8.12. The zero-order chi connectivity index (χ0) is 18.2. The number of nitrogens with one attached hydrogen (secondary N) is 1. The van der Waals surface area contributed by atoms with Gasteiger partial charge < -0.3 is 24.3 Å². The SMILES string of the molecule is CCn1cnnc1CNC(=NC)N(C)Cc1ccc(OC)cc1OC. The lowest BCUT2D eigenvalue weighted by Crippen LogP contribution is -2.38. The number of aromatic nitrogens is 3. The molecule has 0 spiro atoms. The van der Waals surface area contributed by atoms with Gasteiger partial charge in [0.15, 0.2) is 11.8 Å². The molecular formula is C17H26N6O2. The normalized spacial score (nSPS) is 11.3. The first-order chi connectivity index (χ1) is 12.1. The molecule has 8 heteroatoms. The number of nitrogens with zero attached hydrogens (tertiary/aromatic N) is 5. The van der Waals surface area contributed by atoms with Gasteiger partial charge in [0.1, 0.15) is 17.8 Å². The molecule has 0 atom stereocenters. The second-order valence-corrected chi connectivity index (χ2v) is 5.47. The molecule has 2 aromatic rings. The molecule has 0 radical (unpaired) electrons. The van der Waals surface area contributed by atoms with Gasteiger partial charge >= 0.3 is 0 Å². The van der Waals surface area contributed by atoms with E-state index in [1.54, 1.807) is 27.6 Å². The Kier molecular flexibility index (Phi) is 6.62. The van der Waals surface area contributed by atoms with Gasteiger partial charge in [-0.3, -0.25) is 4.99 Å². The molecule has 0 saturated carbocycles. The lowest BCUT2D eigenvalue weighted by atomic mass is 10.2. The topological polar surface area (TPSA) is 76.8 Å². The summed E-state index contributed by atoms with van der Waals surface area (Å²) >= 11 is 0. The van der Waals surface area contributed by atoms with Crippen molar-refractivity contribution in [2.45, 2.75) is 26.6 Å². The fourth-order valence-corrected chi connectivity index (χ4v) is 2.54. The Morgan fingerprint density at radius 1 is 1.32 bits per heavy atom. The number of rotatable bonds is 7. The molecule has 1 aromatic heterocycles. The van der Waals surface area contributed by atoms with E-state index in [4.69, 9.17) is 9.47 Å². The second kappa shape index (κ2) is 8.91. The maximum absolute atomic E-state index is 5.46. The predicted molar refractivity (Wildman–Crippen MR) is 96.9 cm³/mol. The Morgan fingerprint density at radius 2 is 2.12 bits per heavy atom. The predicted octanol–water partition coefficient (Wildman–Crippen LogP) is 1.52.